The number of hydrogen-bond donors (Lipinski definition) is 3. The first-order valence-corrected chi connectivity index (χ1v) is 12.2. The average molecular weight is 519 g/mol. The van der Waals surface area contributed by atoms with Gasteiger partial charge < -0.3 is 20.5 Å². The number of nitrogens with one attached hydrogen (secondary N) is 3. The van der Waals surface area contributed by atoms with Crippen molar-refractivity contribution >= 4 is 28.6 Å². The summed E-state index contributed by atoms with van der Waals surface area (Å²) in [5.41, 5.74) is -0.0770. The molecule has 1 aromatic carbocycles. The van der Waals surface area contributed by atoms with Gasteiger partial charge in [0.2, 0.25) is 11.8 Å². The minimum Gasteiger partial charge on any atom is -0.356 e. The van der Waals surface area contributed by atoms with E-state index >= 15 is 0 Å². The topological polar surface area (TPSA) is 118 Å². The van der Waals surface area contributed by atoms with Crippen molar-refractivity contribution in [1.29, 1.82) is 5.26 Å². The maximum absolute atomic E-state index is 14.9. The molecule has 2 aromatic rings. The van der Waals surface area contributed by atoms with Crippen LogP contribution in [-0.2, 0) is 9.59 Å². The fraction of sp³-hybridized carbons (Fsp3) is 0.520. The molecule has 3 saturated heterocycles. The van der Waals surface area contributed by atoms with Crippen molar-refractivity contribution in [3.63, 3.8) is 0 Å². The van der Waals surface area contributed by atoms with E-state index in [9.17, 15) is 37.2 Å². The minimum absolute atomic E-state index is 0.0179. The second kappa shape index (κ2) is 9.36. The third-order valence-electron chi connectivity index (χ3n) is 7.76. The normalized spacial score (nSPS) is 27.2. The second-order valence-corrected chi connectivity index (χ2v) is 9.95. The smallest absolute Gasteiger partial charge is 0.271 e. The van der Waals surface area contributed by atoms with E-state index in [-0.39, 0.29) is 47.3 Å². The standard InChI is InChI=1S/C25H25F4N5O3/c26-21(27)15-2-1-3-18-16(15)9-19(33-18)24(37)34-14-4-5-17(25(28,29)10-14)20(34)23(36)32-13(11-30)8-12-6-7-31-22(12)35/h1-3,9,12-14,17,20-21,33H,4-8,10H2,(H,31,35)(H,32,36)/t12-,13+,14-,17-,20+/m1/s1. The van der Waals surface area contributed by atoms with Crippen molar-refractivity contribution in [1.82, 2.24) is 20.5 Å². The highest BCUT2D eigenvalue weighted by molar-refractivity contribution is 6.01. The minimum atomic E-state index is -3.20. The van der Waals surface area contributed by atoms with Gasteiger partial charge in [-0.15, -0.1) is 0 Å². The third kappa shape index (κ3) is 4.40. The number of hydrogen-bond acceptors (Lipinski definition) is 4. The molecule has 4 fully saturated rings. The first kappa shape index (κ1) is 25.0. The molecule has 1 aliphatic carbocycles. The number of nitriles is 1. The summed E-state index contributed by atoms with van der Waals surface area (Å²) in [6.45, 7) is 0.453. The zero-order valence-electron chi connectivity index (χ0n) is 19.6. The van der Waals surface area contributed by atoms with E-state index in [1.165, 1.54) is 24.3 Å². The van der Waals surface area contributed by atoms with Crippen LogP contribution in [0.1, 0.15) is 54.6 Å². The molecule has 2 bridgehead atoms. The number of aromatic amines is 1. The second-order valence-electron chi connectivity index (χ2n) is 9.95. The van der Waals surface area contributed by atoms with Crippen molar-refractivity contribution in [2.24, 2.45) is 11.8 Å². The van der Waals surface area contributed by atoms with Crippen molar-refractivity contribution in [3.8, 4) is 6.07 Å². The maximum Gasteiger partial charge on any atom is 0.271 e. The quantitative estimate of drug-likeness (QED) is 0.508. The van der Waals surface area contributed by atoms with Crippen LogP contribution in [0, 0.1) is 23.2 Å². The molecular weight excluding hydrogens is 494 g/mol. The fourth-order valence-corrected chi connectivity index (χ4v) is 5.98. The molecule has 3 N–H and O–H groups in total. The Morgan fingerprint density at radius 1 is 1.24 bits per heavy atom. The molecule has 3 amide bonds. The lowest BCUT2D eigenvalue weighted by Crippen LogP contribution is -2.68. The van der Waals surface area contributed by atoms with E-state index in [0.29, 0.717) is 13.0 Å². The lowest BCUT2D eigenvalue weighted by molar-refractivity contribution is -0.179. The zero-order valence-corrected chi connectivity index (χ0v) is 19.6. The first-order valence-electron chi connectivity index (χ1n) is 12.2. The van der Waals surface area contributed by atoms with Gasteiger partial charge in [-0.25, -0.2) is 17.6 Å². The van der Waals surface area contributed by atoms with Crippen LogP contribution >= 0.6 is 0 Å². The molecule has 8 nitrogen and oxygen atoms in total. The Morgan fingerprint density at radius 3 is 2.68 bits per heavy atom. The van der Waals surface area contributed by atoms with Crippen LogP contribution in [0.15, 0.2) is 24.3 Å². The Morgan fingerprint density at radius 2 is 2.03 bits per heavy atom. The van der Waals surface area contributed by atoms with Crippen molar-refractivity contribution in [3.05, 3.63) is 35.5 Å². The van der Waals surface area contributed by atoms with E-state index in [1.54, 1.807) is 0 Å². The summed E-state index contributed by atoms with van der Waals surface area (Å²) in [6, 6.07) is 3.75. The molecule has 0 spiro atoms. The Bertz CT molecular complexity index is 1290. The number of carbonyl (C=O) groups excluding carboxylic acids is 3. The molecule has 4 aliphatic rings. The van der Waals surface area contributed by atoms with Gasteiger partial charge in [0.05, 0.1) is 12.0 Å². The average Bonchev–Trinajstić information content (AvgIpc) is 3.47. The molecule has 5 atom stereocenters. The molecule has 1 saturated carbocycles. The van der Waals surface area contributed by atoms with Crippen LogP contribution in [0.5, 0.6) is 0 Å². The van der Waals surface area contributed by atoms with Crippen LogP contribution in [0.4, 0.5) is 17.6 Å². The van der Waals surface area contributed by atoms with Crippen LogP contribution in [0.3, 0.4) is 0 Å². The number of fused-ring (bicyclic) bond motifs is 4. The predicted molar refractivity (Wildman–Crippen MR) is 123 cm³/mol. The van der Waals surface area contributed by atoms with E-state index < -0.39 is 60.5 Å². The van der Waals surface area contributed by atoms with Crippen molar-refractivity contribution < 1.29 is 31.9 Å². The molecule has 0 radical (unpaired) electrons. The predicted octanol–water partition coefficient (Wildman–Crippen LogP) is 3.27. The van der Waals surface area contributed by atoms with Gasteiger partial charge in [-0.1, -0.05) is 12.1 Å². The van der Waals surface area contributed by atoms with E-state index in [0.717, 1.165) is 4.90 Å². The highest BCUT2D eigenvalue weighted by Crippen LogP contribution is 2.49. The third-order valence-corrected chi connectivity index (χ3v) is 7.76. The van der Waals surface area contributed by atoms with Crippen LogP contribution in [0.25, 0.3) is 10.9 Å². The number of nitrogens with zero attached hydrogens (tertiary/aromatic N) is 2. The summed E-state index contributed by atoms with van der Waals surface area (Å²) >= 11 is 0. The Hall–Kier alpha value is -3.62. The molecule has 12 heteroatoms. The SMILES string of the molecule is N#C[C@H](C[C@H]1CCNC1=O)NC(=O)[C@@H]1[C@H]2CC[C@H](CC2(F)F)N1C(=O)c1cc2c(C(F)F)cccc2[nH]1. The van der Waals surface area contributed by atoms with Crippen molar-refractivity contribution in [2.75, 3.05) is 6.54 Å². The summed E-state index contributed by atoms with van der Waals surface area (Å²) in [5.74, 6) is -7.02. The Kier molecular flexibility index (Phi) is 6.33. The van der Waals surface area contributed by atoms with E-state index in [4.69, 9.17) is 0 Å². The summed E-state index contributed by atoms with van der Waals surface area (Å²) in [6.07, 6.45) is -2.59. The number of amides is 3. The molecule has 37 heavy (non-hydrogen) atoms. The number of benzene rings is 1. The summed E-state index contributed by atoms with van der Waals surface area (Å²) in [5, 5.41) is 14.8. The van der Waals surface area contributed by atoms with Gasteiger partial charge in [-0.3, -0.25) is 14.4 Å². The summed E-state index contributed by atoms with van der Waals surface area (Å²) in [4.78, 5) is 42.8. The number of aromatic nitrogens is 1. The fourth-order valence-electron chi connectivity index (χ4n) is 5.98. The molecule has 196 valence electrons. The summed E-state index contributed by atoms with van der Waals surface area (Å²) < 4.78 is 56.8. The number of halogens is 4. The monoisotopic (exact) mass is 519 g/mol. The number of carbonyl (C=O) groups is 3. The zero-order chi connectivity index (χ0) is 26.5. The van der Waals surface area contributed by atoms with E-state index in [2.05, 4.69) is 15.6 Å². The lowest BCUT2D eigenvalue weighted by Gasteiger charge is -2.53. The highest BCUT2D eigenvalue weighted by atomic mass is 19.3. The Labute approximate surface area is 209 Å². The number of H-pyrrole nitrogens is 1. The number of rotatable bonds is 6. The highest BCUT2D eigenvalue weighted by Gasteiger charge is 2.60. The van der Waals surface area contributed by atoms with Crippen molar-refractivity contribution in [2.45, 2.75) is 62.6 Å². The van der Waals surface area contributed by atoms with Gasteiger partial charge in [0.1, 0.15) is 17.8 Å². The molecule has 1 aromatic heterocycles. The largest absolute Gasteiger partial charge is 0.356 e. The molecule has 4 heterocycles. The van der Waals surface area contributed by atoms with Crippen LogP contribution in [0.2, 0.25) is 0 Å². The number of piperidine rings is 2. The molecular formula is C25H25F4N5O3. The molecule has 6 rings (SSSR count). The maximum atomic E-state index is 14.9. The van der Waals surface area contributed by atoms with Gasteiger partial charge in [-0.05, 0) is 37.8 Å². The van der Waals surface area contributed by atoms with E-state index in [1.807, 2.05) is 6.07 Å². The number of alkyl halides is 4. The van der Waals surface area contributed by atoms with Gasteiger partial charge in [0, 0.05) is 41.4 Å². The van der Waals surface area contributed by atoms with Gasteiger partial charge in [-0.2, -0.15) is 5.26 Å². The molecule has 3 aliphatic heterocycles. The molecule has 0 unspecified atom stereocenters. The first-order chi connectivity index (χ1) is 17.6. The lowest BCUT2D eigenvalue weighted by atomic mass is 9.71. The van der Waals surface area contributed by atoms with Gasteiger partial charge in [0.15, 0.2) is 0 Å². The van der Waals surface area contributed by atoms with Gasteiger partial charge >= 0.3 is 0 Å². The summed E-state index contributed by atoms with van der Waals surface area (Å²) in [7, 11) is 0. The Balaban J connectivity index is 1.44. The van der Waals surface area contributed by atoms with Crippen LogP contribution in [-0.4, -0.2) is 58.2 Å². The van der Waals surface area contributed by atoms with Gasteiger partial charge in [0.25, 0.3) is 18.3 Å². The van der Waals surface area contributed by atoms with Crippen LogP contribution < -0.4 is 10.6 Å².